The Morgan fingerprint density at radius 2 is 1.81 bits per heavy atom. The maximum atomic E-state index is 13.5. The molecule has 0 spiro atoms. The van der Waals surface area contributed by atoms with Crippen LogP contribution in [-0.4, -0.2) is 6.61 Å². The van der Waals surface area contributed by atoms with Crippen LogP contribution in [0, 0.1) is 12.7 Å². The Kier molecular flexibility index (Phi) is 4.73. The van der Waals surface area contributed by atoms with Gasteiger partial charge in [0.05, 0.1) is 0 Å². The Balaban J connectivity index is 2.16. The molecule has 0 heterocycles. The van der Waals surface area contributed by atoms with Gasteiger partial charge in [-0.1, -0.05) is 18.2 Å². The quantitative estimate of drug-likeness (QED) is 0.846. The van der Waals surface area contributed by atoms with Gasteiger partial charge in [-0.3, -0.25) is 0 Å². The molecule has 0 bridgehead atoms. The summed E-state index contributed by atoms with van der Waals surface area (Å²) in [5.74, 6) is -0.186. The fourth-order valence-electron chi connectivity index (χ4n) is 2.04. The van der Waals surface area contributed by atoms with Crippen LogP contribution in [0.4, 0.5) is 18.9 Å². The Morgan fingerprint density at radius 3 is 2.52 bits per heavy atom. The first-order chi connectivity index (χ1) is 9.97. The van der Waals surface area contributed by atoms with Crippen LogP contribution in [0.1, 0.15) is 24.1 Å². The van der Waals surface area contributed by atoms with E-state index in [0.717, 1.165) is 5.56 Å². The average molecular weight is 295 g/mol. The second-order valence-corrected chi connectivity index (χ2v) is 4.73. The van der Waals surface area contributed by atoms with E-state index in [0.29, 0.717) is 11.3 Å². The van der Waals surface area contributed by atoms with E-state index < -0.39 is 6.61 Å². The van der Waals surface area contributed by atoms with Crippen molar-refractivity contribution in [2.24, 2.45) is 0 Å². The highest BCUT2D eigenvalue weighted by molar-refractivity contribution is 5.52. The second-order valence-electron chi connectivity index (χ2n) is 4.73. The first-order valence-electron chi connectivity index (χ1n) is 6.54. The van der Waals surface area contributed by atoms with E-state index in [2.05, 4.69) is 10.1 Å². The van der Waals surface area contributed by atoms with Gasteiger partial charge in [0.1, 0.15) is 11.6 Å². The van der Waals surface area contributed by atoms with Gasteiger partial charge in [0.2, 0.25) is 0 Å². The molecule has 2 nitrogen and oxygen atoms in total. The van der Waals surface area contributed by atoms with Crippen LogP contribution in [0.25, 0.3) is 0 Å². The van der Waals surface area contributed by atoms with E-state index >= 15 is 0 Å². The fraction of sp³-hybridized carbons (Fsp3) is 0.250. The number of hydrogen-bond donors (Lipinski definition) is 1. The van der Waals surface area contributed by atoms with Crippen molar-refractivity contribution in [3.05, 3.63) is 59.4 Å². The fourth-order valence-corrected chi connectivity index (χ4v) is 2.04. The lowest BCUT2D eigenvalue weighted by Gasteiger charge is -2.18. The molecule has 0 fully saturated rings. The predicted octanol–water partition coefficient (Wildman–Crippen LogP) is 4.91. The number of halogens is 3. The highest BCUT2D eigenvalue weighted by atomic mass is 19.3. The average Bonchev–Trinajstić information content (AvgIpc) is 2.43. The van der Waals surface area contributed by atoms with Crippen molar-refractivity contribution in [1.29, 1.82) is 0 Å². The first-order valence-corrected chi connectivity index (χ1v) is 6.54. The molecule has 0 aliphatic heterocycles. The number of anilines is 1. The minimum Gasteiger partial charge on any atom is -0.435 e. The van der Waals surface area contributed by atoms with Gasteiger partial charge in [0, 0.05) is 17.3 Å². The van der Waals surface area contributed by atoms with Crippen molar-refractivity contribution >= 4 is 5.69 Å². The maximum Gasteiger partial charge on any atom is 0.387 e. The second kappa shape index (κ2) is 6.52. The first kappa shape index (κ1) is 15.2. The Morgan fingerprint density at radius 1 is 1.10 bits per heavy atom. The number of hydrogen-bond acceptors (Lipinski definition) is 2. The molecule has 0 saturated carbocycles. The molecule has 112 valence electrons. The molecule has 0 aromatic heterocycles. The van der Waals surface area contributed by atoms with Crippen LogP contribution >= 0.6 is 0 Å². The summed E-state index contributed by atoms with van der Waals surface area (Å²) >= 11 is 0. The van der Waals surface area contributed by atoms with E-state index in [-0.39, 0.29) is 17.6 Å². The predicted molar refractivity (Wildman–Crippen MR) is 76.2 cm³/mol. The van der Waals surface area contributed by atoms with E-state index in [1.807, 2.05) is 6.92 Å². The molecule has 2 aromatic carbocycles. The summed E-state index contributed by atoms with van der Waals surface area (Å²) in [7, 11) is 0. The zero-order valence-electron chi connectivity index (χ0n) is 11.7. The molecule has 0 aliphatic carbocycles. The van der Waals surface area contributed by atoms with Crippen molar-refractivity contribution in [2.45, 2.75) is 26.5 Å². The molecule has 0 radical (unpaired) electrons. The third-order valence-electron chi connectivity index (χ3n) is 3.22. The smallest absolute Gasteiger partial charge is 0.387 e. The summed E-state index contributed by atoms with van der Waals surface area (Å²) in [6, 6.07) is 11.1. The van der Waals surface area contributed by atoms with E-state index in [1.54, 1.807) is 37.3 Å². The van der Waals surface area contributed by atoms with Crippen LogP contribution in [-0.2, 0) is 0 Å². The minimum absolute atomic E-state index is 0.104. The van der Waals surface area contributed by atoms with Crippen molar-refractivity contribution < 1.29 is 17.9 Å². The summed E-state index contributed by atoms with van der Waals surface area (Å²) in [6.45, 7) is 0.695. The molecule has 5 heteroatoms. The molecular weight excluding hydrogens is 279 g/mol. The van der Waals surface area contributed by atoms with Gasteiger partial charge in [-0.15, -0.1) is 0 Å². The Bertz CT molecular complexity index is 616. The standard InChI is InChI=1S/C16H16F3NO/c1-10-14(17)7-4-8-15(10)20-11(2)12-5-3-6-13(9-12)21-16(18)19/h3-9,11,16,20H,1-2H3. The number of benzene rings is 2. The van der Waals surface area contributed by atoms with Gasteiger partial charge < -0.3 is 10.1 Å². The molecule has 0 saturated heterocycles. The molecule has 0 amide bonds. The molecule has 1 unspecified atom stereocenters. The lowest BCUT2D eigenvalue weighted by molar-refractivity contribution is -0.0498. The summed E-state index contributed by atoms with van der Waals surface area (Å²) in [5, 5.41) is 3.16. The summed E-state index contributed by atoms with van der Waals surface area (Å²) < 4.78 is 42.3. The van der Waals surface area contributed by atoms with E-state index in [9.17, 15) is 13.2 Å². The van der Waals surface area contributed by atoms with Gasteiger partial charge in [0.25, 0.3) is 0 Å². The zero-order valence-corrected chi connectivity index (χ0v) is 11.7. The largest absolute Gasteiger partial charge is 0.435 e. The van der Waals surface area contributed by atoms with Crippen molar-refractivity contribution in [1.82, 2.24) is 0 Å². The molecule has 21 heavy (non-hydrogen) atoms. The number of rotatable bonds is 5. The Labute approximate surface area is 121 Å². The summed E-state index contributed by atoms with van der Waals surface area (Å²) in [6.07, 6.45) is 0. The highest BCUT2D eigenvalue weighted by Crippen LogP contribution is 2.26. The molecule has 2 rings (SSSR count). The van der Waals surface area contributed by atoms with Crippen LogP contribution in [0.5, 0.6) is 5.75 Å². The summed E-state index contributed by atoms with van der Waals surface area (Å²) in [4.78, 5) is 0. The van der Waals surface area contributed by atoms with Crippen LogP contribution in [0.2, 0.25) is 0 Å². The number of alkyl halides is 2. The number of ether oxygens (including phenoxy) is 1. The van der Waals surface area contributed by atoms with Gasteiger partial charge in [0.15, 0.2) is 0 Å². The third kappa shape index (κ3) is 3.90. The normalized spacial score (nSPS) is 12.3. The SMILES string of the molecule is Cc1c(F)cccc1NC(C)c1cccc(OC(F)F)c1. The van der Waals surface area contributed by atoms with Gasteiger partial charge >= 0.3 is 6.61 Å². The summed E-state index contributed by atoms with van der Waals surface area (Å²) in [5.41, 5.74) is 1.96. The highest BCUT2D eigenvalue weighted by Gasteiger charge is 2.11. The van der Waals surface area contributed by atoms with Crippen LogP contribution in [0.15, 0.2) is 42.5 Å². The van der Waals surface area contributed by atoms with Crippen LogP contribution < -0.4 is 10.1 Å². The molecule has 2 aromatic rings. The third-order valence-corrected chi connectivity index (χ3v) is 3.22. The van der Waals surface area contributed by atoms with E-state index in [1.165, 1.54) is 12.1 Å². The molecular formula is C16H16F3NO. The Hall–Kier alpha value is -2.17. The van der Waals surface area contributed by atoms with Crippen LogP contribution in [0.3, 0.4) is 0 Å². The topological polar surface area (TPSA) is 21.3 Å². The lowest BCUT2D eigenvalue weighted by atomic mass is 10.1. The van der Waals surface area contributed by atoms with Gasteiger partial charge in [-0.25, -0.2) is 4.39 Å². The van der Waals surface area contributed by atoms with Gasteiger partial charge in [-0.05, 0) is 43.7 Å². The maximum absolute atomic E-state index is 13.5. The molecule has 1 N–H and O–H groups in total. The lowest BCUT2D eigenvalue weighted by Crippen LogP contribution is -2.09. The van der Waals surface area contributed by atoms with Crippen molar-refractivity contribution in [3.63, 3.8) is 0 Å². The zero-order chi connectivity index (χ0) is 15.4. The minimum atomic E-state index is -2.85. The molecule has 1 atom stereocenters. The van der Waals surface area contributed by atoms with Gasteiger partial charge in [-0.2, -0.15) is 8.78 Å². The van der Waals surface area contributed by atoms with Crippen molar-refractivity contribution in [2.75, 3.05) is 5.32 Å². The molecule has 0 aliphatic rings. The monoisotopic (exact) mass is 295 g/mol. The number of nitrogens with one attached hydrogen (secondary N) is 1. The van der Waals surface area contributed by atoms with Crippen molar-refractivity contribution in [3.8, 4) is 5.75 Å². The van der Waals surface area contributed by atoms with E-state index in [4.69, 9.17) is 0 Å².